The quantitative estimate of drug-likeness (QED) is 0.750. The largest absolute Gasteiger partial charge is 0.490 e. The molecule has 2 amide bonds. The summed E-state index contributed by atoms with van der Waals surface area (Å²) < 4.78 is 31.7. The van der Waals surface area contributed by atoms with Gasteiger partial charge in [-0.2, -0.15) is 24.5 Å². The molecule has 0 aromatic carbocycles. The fourth-order valence-electron chi connectivity index (χ4n) is 3.68. The maximum Gasteiger partial charge on any atom is 0.490 e. The average Bonchev–Trinajstić information content (AvgIpc) is 3.44. The van der Waals surface area contributed by atoms with Crippen molar-refractivity contribution in [1.82, 2.24) is 9.88 Å². The van der Waals surface area contributed by atoms with Crippen molar-refractivity contribution in [3.63, 3.8) is 0 Å². The van der Waals surface area contributed by atoms with Crippen molar-refractivity contribution in [1.29, 1.82) is 0 Å². The minimum atomic E-state index is -5.08. The topological polar surface area (TPSA) is 90.8 Å². The van der Waals surface area contributed by atoms with E-state index in [0.717, 1.165) is 30.8 Å². The number of carboxylic acids is 1. The summed E-state index contributed by atoms with van der Waals surface area (Å²) in [4.78, 5) is 42.4. The van der Waals surface area contributed by atoms with Crippen LogP contribution < -0.4 is 4.90 Å². The summed E-state index contributed by atoms with van der Waals surface area (Å²) in [6.07, 6.45) is -1.90. The third-order valence-electron chi connectivity index (χ3n) is 5.37. The first-order valence-corrected chi connectivity index (χ1v) is 10.3. The molecule has 1 unspecified atom stereocenters. The number of aryl methyl sites for hydroxylation is 1. The average molecular weight is 455 g/mol. The van der Waals surface area contributed by atoms with Gasteiger partial charge in [-0.25, -0.2) is 4.79 Å². The van der Waals surface area contributed by atoms with E-state index in [4.69, 9.17) is 9.90 Å². The first kappa shape index (κ1) is 22.7. The smallest absolute Gasteiger partial charge is 0.475 e. The highest BCUT2D eigenvalue weighted by molar-refractivity contribution is 7.08. The molecule has 2 aromatic heterocycles. The summed E-state index contributed by atoms with van der Waals surface area (Å²) >= 11 is 1.60. The van der Waals surface area contributed by atoms with Crippen LogP contribution in [0.25, 0.3) is 0 Å². The van der Waals surface area contributed by atoms with Crippen LogP contribution in [0.15, 0.2) is 35.2 Å². The Labute approximate surface area is 180 Å². The normalized spacial score (nSPS) is 20.7. The number of pyridine rings is 1. The molecule has 0 aliphatic carbocycles. The third-order valence-corrected chi connectivity index (χ3v) is 6.04. The predicted molar refractivity (Wildman–Crippen MR) is 107 cm³/mol. The molecule has 0 saturated carbocycles. The molecule has 2 fully saturated rings. The highest BCUT2D eigenvalue weighted by Gasteiger charge is 2.52. The van der Waals surface area contributed by atoms with Gasteiger partial charge < -0.3 is 14.9 Å². The van der Waals surface area contributed by atoms with Crippen molar-refractivity contribution >= 4 is 34.8 Å². The van der Waals surface area contributed by atoms with E-state index in [1.807, 2.05) is 40.8 Å². The molecule has 4 rings (SSSR count). The summed E-state index contributed by atoms with van der Waals surface area (Å²) in [7, 11) is 0. The van der Waals surface area contributed by atoms with E-state index in [0.29, 0.717) is 18.7 Å². The molecule has 4 heterocycles. The Morgan fingerprint density at radius 2 is 1.87 bits per heavy atom. The van der Waals surface area contributed by atoms with Gasteiger partial charge in [0.05, 0.1) is 16.7 Å². The van der Waals surface area contributed by atoms with Crippen molar-refractivity contribution in [3.8, 4) is 0 Å². The number of rotatable bonds is 2. The minimum absolute atomic E-state index is 0.0267. The van der Waals surface area contributed by atoms with Crippen LogP contribution in [0, 0.1) is 12.3 Å². The minimum Gasteiger partial charge on any atom is -0.475 e. The SMILES string of the molecule is Cc1ccc(C(=O)N2CCC3(CCN(c4ccsc4)C3=O)C2)cn1.O=C(O)C(F)(F)F. The number of thiophene rings is 1. The Morgan fingerprint density at radius 3 is 2.42 bits per heavy atom. The lowest BCUT2D eigenvalue weighted by molar-refractivity contribution is -0.192. The van der Waals surface area contributed by atoms with Crippen LogP contribution in [0.1, 0.15) is 28.9 Å². The molecule has 0 bridgehead atoms. The molecule has 1 spiro atoms. The molecule has 1 atom stereocenters. The number of halogens is 3. The summed E-state index contributed by atoms with van der Waals surface area (Å²) in [6, 6.07) is 5.64. The van der Waals surface area contributed by atoms with Gasteiger partial charge in [0.2, 0.25) is 5.91 Å². The number of likely N-dealkylation sites (tertiary alicyclic amines) is 1. The molecule has 1 N–H and O–H groups in total. The van der Waals surface area contributed by atoms with Gasteiger partial charge in [0.15, 0.2) is 0 Å². The van der Waals surface area contributed by atoms with Crippen LogP contribution in [-0.4, -0.2) is 58.6 Å². The number of carbonyl (C=O) groups excluding carboxylic acids is 2. The predicted octanol–water partition coefficient (Wildman–Crippen LogP) is 3.35. The van der Waals surface area contributed by atoms with Crippen LogP contribution in [0.3, 0.4) is 0 Å². The van der Waals surface area contributed by atoms with Crippen LogP contribution in [0.4, 0.5) is 18.9 Å². The molecule has 2 aliphatic heterocycles. The monoisotopic (exact) mass is 455 g/mol. The Morgan fingerprint density at radius 1 is 1.19 bits per heavy atom. The second kappa shape index (κ2) is 8.66. The summed E-state index contributed by atoms with van der Waals surface area (Å²) in [5.41, 5.74) is 2.06. The number of aromatic nitrogens is 1. The number of anilines is 1. The number of nitrogens with zero attached hydrogens (tertiary/aromatic N) is 3. The van der Waals surface area contributed by atoms with E-state index in [1.54, 1.807) is 22.4 Å². The number of amides is 2. The van der Waals surface area contributed by atoms with Crippen molar-refractivity contribution < 1.29 is 32.7 Å². The highest BCUT2D eigenvalue weighted by Crippen LogP contribution is 2.43. The second-order valence-electron chi connectivity index (χ2n) is 7.44. The lowest BCUT2D eigenvalue weighted by Gasteiger charge is -2.23. The summed E-state index contributed by atoms with van der Waals surface area (Å²) in [6.45, 7) is 3.79. The number of alkyl halides is 3. The van der Waals surface area contributed by atoms with Crippen molar-refractivity contribution in [2.75, 3.05) is 24.5 Å². The Hall–Kier alpha value is -2.95. The van der Waals surface area contributed by atoms with E-state index in [-0.39, 0.29) is 11.8 Å². The van der Waals surface area contributed by atoms with Crippen LogP contribution >= 0.6 is 11.3 Å². The molecule has 2 saturated heterocycles. The zero-order chi connectivity index (χ0) is 22.8. The fourth-order valence-corrected chi connectivity index (χ4v) is 4.32. The van der Waals surface area contributed by atoms with E-state index in [2.05, 4.69) is 4.98 Å². The van der Waals surface area contributed by atoms with Crippen molar-refractivity contribution in [2.45, 2.75) is 25.9 Å². The van der Waals surface area contributed by atoms with Crippen molar-refractivity contribution in [3.05, 3.63) is 46.4 Å². The second-order valence-corrected chi connectivity index (χ2v) is 8.22. The van der Waals surface area contributed by atoms with Gasteiger partial charge in [-0.1, -0.05) is 0 Å². The molecule has 2 aromatic rings. The number of hydrogen-bond donors (Lipinski definition) is 1. The number of hydrogen-bond acceptors (Lipinski definition) is 5. The molecular formula is C20H20F3N3O4S. The molecular weight excluding hydrogens is 435 g/mol. The number of aliphatic carboxylic acids is 1. The van der Waals surface area contributed by atoms with E-state index in [9.17, 15) is 22.8 Å². The maximum atomic E-state index is 13.0. The lowest BCUT2D eigenvalue weighted by Crippen LogP contribution is -2.38. The van der Waals surface area contributed by atoms with Crippen molar-refractivity contribution in [2.24, 2.45) is 5.41 Å². The molecule has 11 heteroatoms. The first-order chi connectivity index (χ1) is 14.5. The molecule has 0 radical (unpaired) electrons. The van der Waals surface area contributed by atoms with Gasteiger partial charge in [-0.3, -0.25) is 14.6 Å². The van der Waals surface area contributed by atoms with Gasteiger partial charge in [0.1, 0.15) is 0 Å². The lowest BCUT2D eigenvalue weighted by atomic mass is 9.85. The zero-order valence-electron chi connectivity index (χ0n) is 16.6. The van der Waals surface area contributed by atoms with Gasteiger partial charge in [-0.05, 0) is 43.3 Å². The van der Waals surface area contributed by atoms with E-state index >= 15 is 0 Å². The number of carboxylic acid groups (broad SMARTS) is 1. The molecule has 31 heavy (non-hydrogen) atoms. The Kier molecular flexibility index (Phi) is 6.35. The van der Waals surface area contributed by atoms with E-state index in [1.165, 1.54) is 0 Å². The summed E-state index contributed by atoms with van der Waals surface area (Å²) in [5, 5.41) is 11.1. The van der Waals surface area contributed by atoms with Gasteiger partial charge in [-0.15, -0.1) is 0 Å². The summed E-state index contributed by atoms with van der Waals surface area (Å²) in [5.74, 6) is -2.62. The van der Waals surface area contributed by atoms with Crippen LogP contribution in [0.2, 0.25) is 0 Å². The third kappa shape index (κ3) is 4.87. The maximum absolute atomic E-state index is 13.0. The van der Waals surface area contributed by atoms with E-state index < -0.39 is 17.6 Å². The molecule has 166 valence electrons. The fraction of sp³-hybridized carbons (Fsp3) is 0.400. The Bertz CT molecular complexity index is 963. The van der Waals surface area contributed by atoms with Gasteiger partial charge in [0, 0.05) is 36.9 Å². The first-order valence-electron chi connectivity index (χ1n) is 9.40. The number of carbonyl (C=O) groups is 3. The van der Waals surface area contributed by atoms with Crippen LogP contribution in [-0.2, 0) is 9.59 Å². The molecule has 7 nitrogen and oxygen atoms in total. The van der Waals surface area contributed by atoms with Gasteiger partial charge >= 0.3 is 12.1 Å². The molecule has 2 aliphatic rings. The van der Waals surface area contributed by atoms with Gasteiger partial charge in [0.25, 0.3) is 5.91 Å². The highest BCUT2D eigenvalue weighted by atomic mass is 32.1. The zero-order valence-corrected chi connectivity index (χ0v) is 17.4. The Balaban J connectivity index is 0.000000339. The standard InChI is InChI=1S/C18H19N3O2S.C2HF3O2/c1-13-2-3-14(10-19-13)16(22)20-7-5-18(12-20)6-8-21(17(18)23)15-4-9-24-11-15;3-2(4,5)1(6)7/h2-4,9-11H,5-8,12H2,1H3;(H,6,7). The van der Waals surface area contributed by atoms with Crippen LogP contribution in [0.5, 0.6) is 0 Å².